The summed E-state index contributed by atoms with van der Waals surface area (Å²) in [5.74, 6) is -1.43. The number of methoxy groups -OCH3 is 2. The molecule has 0 saturated heterocycles. The zero-order valence-corrected chi connectivity index (χ0v) is 11.3. The third kappa shape index (κ3) is 3.91. The van der Waals surface area contributed by atoms with Crippen molar-refractivity contribution in [1.82, 2.24) is 0 Å². The van der Waals surface area contributed by atoms with E-state index in [9.17, 15) is 22.7 Å². The maximum absolute atomic E-state index is 13.5. The van der Waals surface area contributed by atoms with Gasteiger partial charge >= 0.3 is 6.18 Å². The number of halogens is 4. The lowest BCUT2D eigenvalue weighted by atomic mass is 9.91. The Morgan fingerprint density at radius 3 is 2.15 bits per heavy atom. The van der Waals surface area contributed by atoms with Crippen molar-refractivity contribution in [2.24, 2.45) is 0 Å². The van der Waals surface area contributed by atoms with Crippen molar-refractivity contribution < 1.29 is 32.1 Å². The largest absolute Gasteiger partial charge is 0.419 e. The van der Waals surface area contributed by atoms with E-state index >= 15 is 0 Å². The van der Waals surface area contributed by atoms with Crippen molar-refractivity contribution >= 4 is 0 Å². The Morgan fingerprint density at radius 2 is 1.75 bits per heavy atom. The summed E-state index contributed by atoms with van der Waals surface area (Å²) in [6.07, 6.45) is -5.57. The van der Waals surface area contributed by atoms with E-state index in [4.69, 9.17) is 9.47 Å². The molecule has 1 aromatic rings. The Hall–Kier alpha value is -1.18. The monoisotopic (exact) mass is 296 g/mol. The van der Waals surface area contributed by atoms with Crippen LogP contribution in [0.1, 0.15) is 24.5 Å². The maximum Gasteiger partial charge on any atom is 0.419 e. The van der Waals surface area contributed by atoms with Crippen LogP contribution in [0, 0.1) is 5.82 Å². The third-order valence-corrected chi connectivity index (χ3v) is 2.99. The van der Waals surface area contributed by atoms with Gasteiger partial charge in [0.25, 0.3) is 0 Å². The Bertz CT molecular complexity index is 453. The highest BCUT2D eigenvalue weighted by molar-refractivity contribution is 5.30. The van der Waals surface area contributed by atoms with Crippen molar-refractivity contribution in [3.05, 3.63) is 35.1 Å². The Balaban J connectivity index is 3.05. The molecule has 1 unspecified atom stereocenters. The topological polar surface area (TPSA) is 38.7 Å². The minimum absolute atomic E-state index is 0.0158. The van der Waals surface area contributed by atoms with E-state index in [1.807, 2.05) is 0 Å². The Kier molecular flexibility index (Phi) is 5.12. The van der Waals surface area contributed by atoms with Crippen molar-refractivity contribution in [3.63, 3.8) is 0 Å². The molecule has 0 aliphatic carbocycles. The van der Waals surface area contributed by atoms with Crippen molar-refractivity contribution in [2.75, 3.05) is 14.2 Å². The molecular formula is C13H16F4O3. The van der Waals surface area contributed by atoms with Gasteiger partial charge < -0.3 is 14.6 Å². The zero-order valence-electron chi connectivity index (χ0n) is 11.3. The first-order valence-corrected chi connectivity index (χ1v) is 5.77. The van der Waals surface area contributed by atoms with Crippen LogP contribution in [0.2, 0.25) is 0 Å². The molecule has 0 heterocycles. The van der Waals surface area contributed by atoms with Crippen LogP contribution < -0.4 is 0 Å². The molecule has 1 N–H and O–H groups in total. The molecule has 3 nitrogen and oxygen atoms in total. The molecule has 7 heteroatoms. The van der Waals surface area contributed by atoms with Gasteiger partial charge in [0.2, 0.25) is 0 Å². The molecule has 0 aromatic heterocycles. The van der Waals surface area contributed by atoms with Gasteiger partial charge in [-0.1, -0.05) is 6.07 Å². The fraction of sp³-hybridized carbons (Fsp3) is 0.538. The van der Waals surface area contributed by atoms with Crippen molar-refractivity contribution in [1.29, 1.82) is 0 Å². The summed E-state index contributed by atoms with van der Waals surface area (Å²) < 4.78 is 60.7. The zero-order chi connectivity index (χ0) is 15.6. The normalized spacial score (nSPS) is 15.4. The second-order valence-corrected chi connectivity index (χ2v) is 4.57. The average Bonchev–Trinajstić information content (AvgIpc) is 2.34. The highest BCUT2D eigenvalue weighted by atomic mass is 19.4. The molecule has 0 radical (unpaired) electrons. The minimum Gasteiger partial charge on any atom is -0.385 e. The van der Waals surface area contributed by atoms with Gasteiger partial charge in [-0.25, -0.2) is 4.39 Å². The first kappa shape index (κ1) is 16.9. The van der Waals surface area contributed by atoms with Crippen molar-refractivity contribution in [3.8, 4) is 0 Å². The van der Waals surface area contributed by atoms with Crippen LogP contribution in [-0.2, 0) is 21.3 Å². The highest BCUT2D eigenvalue weighted by Gasteiger charge is 2.36. The van der Waals surface area contributed by atoms with Crippen molar-refractivity contribution in [2.45, 2.75) is 31.4 Å². The minimum atomic E-state index is -4.77. The highest BCUT2D eigenvalue weighted by Crippen LogP contribution is 2.34. The van der Waals surface area contributed by atoms with E-state index in [1.165, 1.54) is 21.1 Å². The summed E-state index contributed by atoms with van der Waals surface area (Å²) in [4.78, 5) is 0. The van der Waals surface area contributed by atoms with E-state index in [2.05, 4.69) is 0 Å². The molecule has 1 atom stereocenters. The average molecular weight is 296 g/mol. The third-order valence-electron chi connectivity index (χ3n) is 2.99. The molecule has 0 amide bonds. The summed E-state index contributed by atoms with van der Waals surface area (Å²) in [6, 6.07) is 2.31. The molecule has 20 heavy (non-hydrogen) atoms. The van der Waals surface area contributed by atoms with Gasteiger partial charge in [0.05, 0.1) is 11.2 Å². The lowest BCUT2D eigenvalue weighted by Crippen LogP contribution is -2.30. The number of alkyl halides is 3. The molecule has 0 fully saturated rings. The van der Waals surface area contributed by atoms with Crippen LogP contribution in [0.15, 0.2) is 18.2 Å². The van der Waals surface area contributed by atoms with E-state index in [-0.39, 0.29) is 12.0 Å². The number of aliphatic hydroxyl groups is 1. The molecule has 1 aromatic carbocycles. The van der Waals surface area contributed by atoms with Crippen LogP contribution in [0.4, 0.5) is 17.6 Å². The van der Waals surface area contributed by atoms with Crippen LogP contribution in [0.25, 0.3) is 0 Å². The number of rotatable bonds is 5. The number of benzene rings is 1. The second kappa shape index (κ2) is 6.07. The second-order valence-electron chi connectivity index (χ2n) is 4.57. The number of hydrogen-bond donors (Lipinski definition) is 1. The van der Waals surface area contributed by atoms with Gasteiger partial charge in [-0.15, -0.1) is 0 Å². The molecule has 0 aliphatic heterocycles. The lowest BCUT2D eigenvalue weighted by molar-refractivity contribution is -0.143. The Labute approximate surface area is 114 Å². The van der Waals surface area contributed by atoms with Crippen LogP contribution >= 0.6 is 0 Å². The first-order chi connectivity index (χ1) is 9.11. The maximum atomic E-state index is 13.5. The molecule has 0 aliphatic rings. The predicted molar refractivity (Wildman–Crippen MR) is 63.4 cm³/mol. The summed E-state index contributed by atoms with van der Waals surface area (Å²) in [5, 5.41) is 10.2. The van der Waals surface area contributed by atoms with Crippen LogP contribution in [0.3, 0.4) is 0 Å². The number of ether oxygens (including phenoxy) is 2. The summed E-state index contributed by atoms with van der Waals surface area (Å²) in [5.41, 5.74) is -2.93. The standard InChI is InChI=1S/C13H16F4O3/c1-12(18,7-11(19-2)20-3)8-4-5-9(10(14)6-8)13(15,16)17/h4-6,11,18H,7H2,1-3H3. The lowest BCUT2D eigenvalue weighted by Gasteiger charge is -2.28. The molecule has 0 spiro atoms. The van der Waals surface area contributed by atoms with Gasteiger partial charge in [0.15, 0.2) is 6.29 Å². The predicted octanol–water partition coefficient (Wildman–Crippen LogP) is 3.06. The first-order valence-electron chi connectivity index (χ1n) is 5.77. The molecule has 114 valence electrons. The smallest absolute Gasteiger partial charge is 0.385 e. The number of hydrogen-bond acceptors (Lipinski definition) is 3. The van der Waals surface area contributed by atoms with Crippen LogP contribution in [0.5, 0.6) is 0 Å². The fourth-order valence-corrected chi connectivity index (χ4v) is 1.79. The fourth-order valence-electron chi connectivity index (χ4n) is 1.79. The van der Waals surface area contributed by atoms with Gasteiger partial charge in [0.1, 0.15) is 5.82 Å². The quantitative estimate of drug-likeness (QED) is 0.670. The van der Waals surface area contributed by atoms with E-state index in [1.54, 1.807) is 0 Å². The van der Waals surface area contributed by atoms with Gasteiger partial charge in [-0.05, 0) is 24.6 Å². The summed E-state index contributed by atoms with van der Waals surface area (Å²) in [6.45, 7) is 1.35. The summed E-state index contributed by atoms with van der Waals surface area (Å²) >= 11 is 0. The molecule has 0 saturated carbocycles. The van der Waals surface area contributed by atoms with Crippen LogP contribution in [-0.4, -0.2) is 25.6 Å². The molecule has 0 bridgehead atoms. The SMILES string of the molecule is COC(CC(C)(O)c1ccc(C(F)(F)F)c(F)c1)OC. The van der Waals surface area contributed by atoms with Gasteiger partial charge in [0, 0.05) is 20.6 Å². The van der Waals surface area contributed by atoms with E-state index in [0.29, 0.717) is 12.1 Å². The van der Waals surface area contributed by atoms with E-state index in [0.717, 1.165) is 6.07 Å². The molecule has 1 rings (SSSR count). The Morgan fingerprint density at radius 1 is 1.20 bits per heavy atom. The van der Waals surface area contributed by atoms with Gasteiger partial charge in [-0.2, -0.15) is 13.2 Å². The van der Waals surface area contributed by atoms with Gasteiger partial charge in [-0.3, -0.25) is 0 Å². The molecular weight excluding hydrogens is 280 g/mol. The summed E-state index contributed by atoms with van der Waals surface area (Å²) in [7, 11) is 2.72. The van der Waals surface area contributed by atoms with E-state index < -0.39 is 29.4 Å².